The van der Waals surface area contributed by atoms with Gasteiger partial charge in [-0.15, -0.1) is 0 Å². The molecule has 0 spiro atoms. The van der Waals surface area contributed by atoms with Crippen LogP contribution in [0.5, 0.6) is 0 Å². The maximum Gasteiger partial charge on any atom is 0.164 e. The van der Waals surface area contributed by atoms with Gasteiger partial charge >= 0.3 is 0 Å². The van der Waals surface area contributed by atoms with Crippen molar-refractivity contribution in [2.45, 2.75) is 24.5 Å². The van der Waals surface area contributed by atoms with E-state index in [2.05, 4.69) is 15.0 Å². The Kier molecular flexibility index (Phi) is 3.07. The lowest BCUT2D eigenvalue weighted by atomic mass is 10.1. The molecule has 2 aromatic heterocycles. The van der Waals surface area contributed by atoms with Gasteiger partial charge in [-0.1, -0.05) is 12.2 Å². The minimum atomic E-state index is -1.18. The van der Waals surface area contributed by atoms with Crippen molar-refractivity contribution in [3.8, 4) is 0 Å². The smallest absolute Gasteiger partial charge is 0.164 e. The molecule has 0 bridgehead atoms. The molecule has 8 nitrogen and oxygen atoms in total. The molecule has 1 saturated heterocycles. The van der Waals surface area contributed by atoms with Crippen molar-refractivity contribution in [1.29, 1.82) is 0 Å². The summed E-state index contributed by atoms with van der Waals surface area (Å²) in [5, 5.41) is 28.8. The van der Waals surface area contributed by atoms with Crippen LogP contribution in [0, 0.1) is 4.64 Å². The summed E-state index contributed by atoms with van der Waals surface area (Å²) < 4.78 is 7.24. The van der Waals surface area contributed by atoms with Crippen LogP contribution in [-0.4, -0.2) is 59.8 Å². The third kappa shape index (κ3) is 1.86. The average molecular weight is 284 g/mol. The molecule has 2 aromatic rings. The summed E-state index contributed by atoms with van der Waals surface area (Å²) in [5.41, 5.74) is 1.02. The number of fused-ring (bicyclic) bond motifs is 1. The first kappa shape index (κ1) is 12.6. The molecule has 3 heterocycles. The highest BCUT2D eigenvalue weighted by atomic mass is 32.1. The van der Waals surface area contributed by atoms with E-state index in [9.17, 15) is 10.2 Å². The average Bonchev–Trinajstić information content (AvgIpc) is 2.94. The molecule has 1 aliphatic rings. The van der Waals surface area contributed by atoms with E-state index in [0.717, 1.165) is 0 Å². The lowest BCUT2D eigenvalue weighted by molar-refractivity contribution is -0.0509. The highest BCUT2D eigenvalue weighted by Gasteiger charge is 2.43. The number of hydrogen-bond acceptors (Lipinski definition) is 7. The number of nitrogens with one attached hydrogen (secondary N) is 1. The van der Waals surface area contributed by atoms with Gasteiger partial charge in [0.2, 0.25) is 0 Å². The van der Waals surface area contributed by atoms with Crippen LogP contribution in [0.4, 0.5) is 0 Å². The van der Waals surface area contributed by atoms with E-state index in [0.29, 0.717) is 15.8 Å². The van der Waals surface area contributed by atoms with Crippen molar-refractivity contribution >= 4 is 23.4 Å². The van der Waals surface area contributed by atoms with Crippen LogP contribution < -0.4 is 0 Å². The summed E-state index contributed by atoms with van der Waals surface area (Å²) in [6.45, 7) is -0.382. The maximum atomic E-state index is 9.98. The van der Waals surface area contributed by atoms with Crippen molar-refractivity contribution in [3.63, 3.8) is 0 Å². The van der Waals surface area contributed by atoms with Gasteiger partial charge < -0.3 is 25.0 Å². The largest absolute Gasteiger partial charge is 0.394 e. The lowest BCUT2D eigenvalue weighted by Crippen LogP contribution is -2.33. The van der Waals surface area contributed by atoms with E-state index >= 15 is 0 Å². The molecule has 1 fully saturated rings. The van der Waals surface area contributed by atoms with Crippen molar-refractivity contribution in [2.75, 3.05) is 6.61 Å². The molecule has 0 amide bonds. The van der Waals surface area contributed by atoms with Gasteiger partial charge in [-0.25, -0.2) is 9.97 Å². The predicted molar refractivity (Wildman–Crippen MR) is 65.7 cm³/mol. The molecule has 0 saturated carbocycles. The number of ether oxygens (including phenoxy) is 1. The SMILES string of the molecule is OC[C@@H]1O[C@H](n2cnc3[nH]cnc(=S)c32)[C@@H](O)[C@H]1O. The van der Waals surface area contributed by atoms with Crippen LogP contribution in [0.1, 0.15) is 6.23 Å². The summed E-state index contributed by atoms with van der Waals surface area (Å²) in [5.74, 6) is 0. The summed E-state index contributed by atoms with van der Waals surface area (Å²) in [4.78, 5) is 10.9. The normalized spacial score (nSPS) is 31.1. The number of nitrogens with zero attached hydrogens (tertiary/aromatic N) is 3. The number of H-pyrrole nitrogens is 1. The molecule has 4 atom stereocenters. The zero-order valence-corrected chi connectivity index (χ0v) is 10.5. The highest BCUT2D eigenvalue weighted by molar-refractivity contribution is 7.71. The van der Waals surface area contributed by atoms with Crippen LogP contribution in [0.15, 0.2) is 12.7 Å². The number of aliphatic hydroxyl groups is 3. The van der Waals surface area contributed by atoms with Crippen LogP contribution in [0.25, 0.3) is 11.2 Å². The van der Waals surface area contributed by atoms with Crippen LogP contribution in [0.2, 0.25) is 0 Å². The minimum Gasteiger partial charge on any atom is -0.394 e. The van der Waals surface area contributed by atoms with Crippen LogP contribution in [-0.2, 0) is 4.74 Å². The van der Waals surface area contributed by atoms with Gasteiger partial charge in [0.05, 0.1) is 19.3 Å². The number of aromatic nitrogens is 4. The maximum absolute atomic E-state index is 9.98. The number of hydrogen-bond donors (Lipinski definition) is 4. The molecular formula is C10H12N4O4S. The summed E-state index contributed by atoms with van der Waals surface area (Å²) in [7, 11) is 0. The van der Waals surface area contributed by atoms with Crippen molar-refractivity contribution < 1.29 is 20.1 Å². The number of aliphatic hydroxyl groups excluding tert-OH is 3. The molecule has 9 heteroatoms. The van der Waals surface area contributed by atoms with Crippen molar-refractivity contribution in [2.24, 2.45) is 0 Å². The van der Waals surface area contributed by atoms with Gasteiger partial charge in [-0.2, -0.15) is 0 Å². The first-order valence-corrected chi connectivity index (χ1v) is 6.07. The molecule has 1 aliphatic heterocycles. The molecule has 102 valence electrons. The van der Waals surface area contributed by atoms with Crippen molar-refractivity contribution in [3.05, 3.63) is 17.3 Å². The summed E-state index contributed by atoms with van der Waals surface area (Å²) >= 11 is 5.12. The second-order valence-corrected chi connectivity index (χ2v) is 4.67. The highest BCUT2D eigenvalue weighted by Crippen LogP contribution is 2.31. The van der Waals surface area contributed by atoms with Gasteiger partial charge in [0.1, 0.15) is 23.8 Å². The third-order valence-electron chi connectivity index (χ3n) is 3.17. The molecule has 4 N–H and O–H groups in total. The van der Waals surface area contributed by atoms with Gasteiger partial charge in [-0.3, -0.25) is 4.57 Å². The van der Waals surface area contributed by atoms with Gasteiger partial charge in [0.25, 0.3) is 0 Å². The molecule has 0 aliphatic carbocycles. The fourth-order valence-corrected chi connectivity index (χ4v) is 2.45. The molecular weight excluding hydrogens is 272 g/mol. The molecule has 0 unspecified atom stereocenters. The Morgan fingerprint density at radius 1 is 1.37 bits per heavy atom. The van der Waals surface area contributed by atoms with Crippen LogP contribution in [0.3, 0.4) is 0 Å². The number of aromatic amines is 1. The third-order valence-corrected chi connectivity index (χ3v) is 3.47. The van der Waals surface area contributed by atoms with E-state index in [1.165, 1.54) is 17.2 Å². The minimum absolute atomic E-state index is 0.309. The Morgan fingerprint density at radius 3 is 2.84 bits per heavy atom. The fourth-order valence-electron chi connectivity index (χ4n) is 2.19. The summed E-state index contributed by atoms with van der Waals surface area (Å²) in [6.07, 6.45) is -1.17. The van der Waals surface area contributed by atoms with Gasteiger partial charge in [0.15, 0.2) is 16.5 Å². The second kappa shape index (κ2) is 4.62. The zero-order valence-electron chi connectivity index (χ0n) is 9.67. The number of rotatable bonds is 2. The Labute approximate surface area is 112 Å². The fraction of sp³-hybridized carbons (Fsp3) is 0.500. The van der Waals surface area contributed by atoms with Gasteiger partial charge in [-0.05, 0) is 0 Å². The Morgan fingerprint density at radius 2 is 2.16 bits per heavy atom. The number of imidazole rings is 1. The van der Waals surface area contributed by atoms with E-state index in [1.54, 1.807) is 0 Å². The molecule has 3 rings (SSSR count). The first-order chi connectivity index (χ1) is 9.13. The molecule has 0 aromatic carbocycles. The molecule has 0 radical (unpaired) electrons. The Balaban J connectivity index is 2.08. The second-order valence-electron chi connectivity index (χ2n) is 4.29. The van der Waals surface area contributed by atoms with E-state index in [1.807, 2.05) is 0 Å². The summed E-state index contributed by atoms with van der Waals surface area (Å²) in [6, 6.07) is 0. The molecule has 19 heavy (non-hydrogen) atoms. The topological polar surface area (TPSA) is 116 Å². The van der Waals surface area contributed by atoms with E-state index in [-0.39, 0.29) is 6.61 Å². The van der Waals surface area contributed by atoms with Crippen LogP contribution >= 0.6 is 12.2 Å². The first-order valence-electron chi connectivity index (χ1n) is 5.66. The van der Waals surface area contributed by atoms with Gasteiger partial charge in [0, 0.05) is 0 Å². The Bertz CT molecular complexity index is 656. The van der Waals surface area contributed by atoms with E-state index < -0.39 is 24.5 Å². The zero-order chi connectivity index (χ0) is 13.6. The standard InChI is InChI=1S/C10H12N4O4S/c15-1-4-6(16)7(17)10(18-4)14-3-13-8-5(14)9(19)12-2-11-8/h2-4,6-7,10,15-17H,1H2,(H,11,12,19)/t4-,6-,7-,10-/m0/s1. The Hall–Kier alpha value is -1.39. The lowest BCUT2D eigenvalue weighted by Gasteiger charge is -2.16. The van der Waals surface area contributed by atoms with Crippen molar-refractivity contribution in [1.82, 2.24) is 19.5 Å². The van der Waals surface area contributed by atoms with E-state index in [4.69, 9.17) is 22.1 Å². The predicted octanol–water partition coefficient (Wildman–Crippen LogP) is -0.900. The quantitative estimate of drug-likeness (QED) is 0.528. The monoisotopic (exact) mass is 284 g/mol.